The van der Waals surface area contributed by atoms with Gasteiger partial charge < -0.3 is 0 Å². The molecule has 0 radical (unpaired) electrons. The van der Waals surface area contributed by atoms with Gasteiger partial charge in [0, 0.05) is 23.3 Å². The van der Waals surface area contributed by atoms with Crippen molar-refractivity contribution in [2.45, 2.75) is 47.0 Å². The molecule has 0 unspecified atom stereocenters. The summed E-state index contributed by atoms with van der Waals surface area (Å²) in [6.45, 7) is 8.17. The summed E-state index contributed by atoms with van der Waals surface area (Å²) in [5, 5.41) is 0. The van der Waals surface area contributed by atoms with Crippen molar-refractivity contribution in [2.24, 2.45) is 5.41 Å². The molecule has 0 spiro atoms. The molecular weight excluding hydrogens is 212 g/mol. The minimum atomic E-state index is -0.152. The summed E-state index contributed by atoms with van der Waals surface area (Å²) < 4.78 is 0. The van der Waals surface area contributed by atoms with Crippen LogP contribution in [0.2, 0.25) is 0 Å². The summed E-state index contributed by atoms with van der Waals surface area (Å²) >= 11 is 0. The molecule has 0 atom stereocenters. The number of carbonyl (C=O) groups excluding carboxylic acids is 1. The SMILES string of the molecule is CCCSSCCCC(=O)C(C)(C)C. The van der Waals surface area contributed by atoms with Crippen LogP contribution in [0, 0.1) is 5.41 Å². The minimum Gasteiger partial charge on any atom is -0.299 e. The second kappa shape index (κ2) is 7.63. The highest BCUT2D eigenvalue weighted by molar-refractivity contribution is 8.76. The highest BCUT2D eigenvalue weighted by Gasteiger charge is 2.19. The molecule has 0 aromatic rings. The zero-order valence-corrected chi connectivity index (χ0v) is 11.4. The van der Waals surface area contributed by atoms with E-state index in [1.807, 2.05) is 42.4 Å². The lowest BCUT2D eigenvalue weighted by atomic mass is 9.88. The number of ketones is 1. The molecule has 0 saturated carbocycles. The summed E-state index contributed by atoms with van der Waals surface area (Å²) in [4.78, 5) is 11.5. The Morgan fingerprint density at radius 1 is 1.14 bits per heavy atom. The first-order chi connectivity index (χ1) is 6.48. The molecular formula is C11H22OS2. The van der Waals surface area contributed by atoms with Gasteiger partial charge in [0.1, 0.15) is 5.78 Å². The largest absolute Gasteiger partial charge is 0.299 e. The third kappa shape index (κ3) is 7.74. The summed E-state index contributed by atoms with van der Waals surface area (Å²) in [7, 11) is 3.81. The van der Waals surface area contributed by atoms with Crippen molar-refractivity contribution in [2.75, 3.05) is 11.5 Å². The van der Waals surface area contributed by atoms with Gasteiger partial charge in [-0.25, -0.2) is 0 Å². The molecule has 0 aromatic carbocycles. The molecule has 0 aliphatic rings. The molecule has 0 aliphatic heterocycles. The number of hydrogen-bond donors (Lipinski definition) is 0. The Bertz CT molecular complexity index is 161. The van der Waals surface area contributed by atoms with E-state index >= 15 is 0 Å². The van der Waals surface area contributed by atoms with Crippen LogP contribution in [-0.2, 0) is 4.79 Å². The fourth-order valence-electron chi connectivity index (χ4n) is 0.868. The number of rotatable bonds is 7. The Labute approximate surface area is 96.2 Å². The van der Waals surface area contributed by atoms with Gasteiger partial charge in [-0.05, 0) is 12.8 Å². The maximum absolute atomic E-state index is 11.5. The van der Waals surface area contributed by atoms with Crippen LogP contribution in [0.3, 0.4) is 0 Å². The van der Waals surface area contributed by atoms with Crippen molar-refractivity contribution < 1.29 is 4.79 Å². The van der Waals surface area contributed by atoms with Gasteiger partial charge in [0.15, 0.2) is 0 Å². The van der Waals surface area contributed by atoms with Crippen LogP contribution in [0.15, 0.2) is 0 Å². The van der Waals surface area contributed by atoms with Gasteiger partial charge in [-0.1, -0.05) is 49.3 Å². The van der Waals surface area contributed by atoms with Crippen molar-refractivity contribution in [1.29, 1.82) is 0 Å². The third-order valence-electron chi connectivity index (χ3n) is 1.84. The zero-order valence-electron chi connectivity index (χ0n) is 9.76. The van der Waals surface area contributed by atoms with Crippen LogP contribution in [0.25, 0.3) is 0 Å². The van der Waals surface area contributed by atoms with Gasteiger partial charge in [-0.3, -0.25) is 4.79 Å². The summed E-state index contributed by atoms with van der Waals surface area (Å²) in [5.74, 6) is 2.71. The van der Waals surface area contributed by atoms with E-state index in [-0.39, 0.29) is 5.41 Å². The van der Waals surface area contributed by atoms with Gasteiger partial charge in [0.05, 0.1) is 0 Å². The van der Waals surface area contributed by atoms with Gasteiger partial charge in [0.2, 0.25) is 0 Å². The van der Waals surface area contributed by atoms with Gasteiger partial charge >= 0.3 is 0 Å². The predicted molar refractivity (Wildman–Crippen MR) is 68.9 cm³/mol. The average Bonchev–Trinajstić information content (AvgIpc) is 2.09. The Kier molecular flexibility index (Phi) is 7.84. The second-order valence-corrected chi connectivity index (χ2v) is 7.12. The van der Waals surface area contributed by atoms with Crippen molar-refractivity contribution in [1.82, 2.24) is 0 Å². The van der Waals surface area contributed by atoms with Crippen molar-refractivity contribution in [3.8, 4) is 0 Å². The van der Waals surface area contributed by atoms with E-state index in [0.717, 1.165) is 18.6 Å². The molecule has 0 fully saturated rings. The Morgan fingerprint density at radius 2 is 1.71 bits per heavy atom. The maximum Gasteiger partial charge on any atom is 0.138 e. The van der Waals surface area contributed by atoms with E-state index in [0.29, 0.717) is 5.78 Å². The van der Waals surface area contributed by atoms with Crippen LogP contribution < -0.4 is 0 Å². The molecule has 0 rings (SSSR count). The first-order valence-corrected chi connectivity index (χ1v) is 7.75. The highest BCUT2D eigenvalue weighted by atomic mass is 33.1. The van der Waals surface area contributed by atoms with Crippen LogP contribution in [0.1, 0.15) is 47.0 Å². The van der Waals surface area contributed by atoms with Crippen LogP contribution >= 0.6 is 21.6 Å². The Balaban J connectivity index is 3.33. The lowest BCUT2D eigenvalue weighted by molar-refractivity contribution is -0.126. The first-order valence-electron chi connectivity index (χ1n) is 5.26. The molecule has 0 amide bonds. The molecule has 3 heteroatoms. The molecule has 0 saturated heterocycles. The van der Waals surface area contributed by atoms with E-state index in [2.05, 4.69) is 6.92 Å². The van der Waals surface area contributed by atoms with E-state index in [4.69, 9.17) is 0 Å². The fourth-order valence-corrected chi connectivity index (χ4v) is 3.09. The molecule has 0 bridgehead atoms. The molecule has 84 valence electrons. The number of hydrogen-bond acceptors (Lipinski definition) is 3. The Hall–Kier alpha value is 0.370. The Morgan fingerprint density at radius 3 is 2.21 bits per heavy atom. The van der Waals surface area contributed by atoms with Gasteiger partial charge in [-0.15, -0.1) is 0 Å². The van der Waals surface area contributed by atoms with Crippen LogP contribution in [0.5, 0.6) is 0 Å². The topological polar surface area (TPSA) is 17.1 Å². The standard InChI is InChI=1S/C11H22OS2/c1-5-8-13-14-9-6-7-10(12)11(2,3)4/h5-9H2,1-4H3. The predicted octanol–water partition coefficient (Wildman–Crippen LogP) is 4.17. The fraction of sp³-hybridized carbons (Fsp3) is 0.909. The normalized spacial score (nSPS) is 11.7. The maximum atomic E-state index is 11.5. The van der Waals surface area contributed by atoms with Crippen LogP contribution in [0.4, 0.5) is 0 Å². The zero-order chi connectivity index (χ0) is 11.0. The number of carbonyl (C=O) groups is 1. The van der Waals surface area contributed by atoms with E-state index in [1.165, 1.54) is 12.2 Å². The monoisotopic (exact) mass is 234 g/mol. The molecule has 0 aromatic heterocycles. The lowest BCUT2D eigenvalue weighted by Crippen LogP contribution is -2.19. The van der Waals surface area contributed by atoms with Crippen LogP contribution in [-0.4, -0.2) is 17.3 Å². The van der Waals surface area contributed by atoms with E-state index < -0.39 is 0 Å². The first kappa shape index (κ1) is 14.4. The van der Waals surface area contributed by atoms with E-state index in [9.17, 15) is 4.79 Å². The van der Waals surface area contributed by atoms with Crippen molar-refractivity contribution >= 4 is 27.4 Å². The summed E-state index contributed by atoms with van der Waals surface area (Å²) in [6.07, 6.45) is 3.00. The third-order valence-corrected chi connectivity index (χ3v) is 4.54. The minimum absolute atomic E-state index is 0.152. The van der Waals surface area contributed by atoms with Gasteiger partial charge in [-0.2, -0.15) is 0 Å². The summed E-state index contributed by atoms with van der Waals surface area (Å²) in [6, 6.07) is 0. The number of Topliss-reactive ketones (excluding diaryl/α,β-unsaturated/α-hetero) is 1. The molecule has 0 heterocycles. The quantitative estimate of drug-likeness (QED) is 0.486. The second-order valence-electron chi connectivity index (χ2n) is 4.42. The smallest absolute Gasteiger partial charge is 0.138 e. The average molecular weight is 234 g/mol. The van der Waals surface area contributed by atoms with Crippen molar-refractivity contribution in [3.05, 3.63) is 0 Å². The van der Waals surface area contributed by atoms with Gasteiger partial charge in [0.25, 0.3) is 0 Å². The highest BCUT2D eigenvalue weighted by Crippen LogP contribution is 2.24. The summed E-state index contributed by atoms with van der Waals surface area (Å²) in [5.41, 5.74) is -0.152. The molecule has 14 heavy (non-hydrogen) atoms. The molecule has 1 nitrogen and oxygen atoms in total. The van der Waals surface area contributed by atoms with E-state index in [1.54, 1.807) is 0 Å². The van der Waals surface area contributed by atoms with Crippen molar-refractivity contribution in [3.63, 3.8) is 0 Å². The lowest BCUT2D eigenvalue weighted by Gasteiger charge is -2.15. The molecule has 0 N–H and O–H groups in total. The molecule has 0 aliphatic carbocycles.